The summed E-state index contributed by atoms with van der Waals surface area (Å²) in [5, 5.41) is 48.8. The van der Waals surface area contributed by atoms with Gasteiger partial charge in [-0.05, 0) is 98.1 Å². The van der Waals surface area contributed by atoms with Crippen molar-refractivity contribution in [1.82, 2.24) is 10.2 Å². The fraction of sp³-hybridized carbons (Fsp3) is 0.739. The van der Waals surface area contributed by atoms with Crippen molar-refractivity contribution in [1.29, 1.82) is 0 Å². The minimum atomic E-state index is -1.45. The molecular weight excluding hydrogens is 757 g/mol. The number of cyclic esters (lactones) is 1. The molecule has 0 aromatic heterocycles. The number of hydrogen-bond donors (Lipinski definition) is 5. The lowest BCUT2D eigenvalue weighted by atomic mass is 9.79. The van der Waals surface area contributed by atoms with Gasteiger partial charge in [0.1, 0.15) is 24.4 Å². The molecule has 2 fully saturated rings. The Morgan fingerprint density at radius 3 is 2.27 bits per heavy atom. The third-order valence-electron chi connectivity index (χ3n) is 12.5. The van der Waals surface area contributed by atoms with Gasteiger partial charge in [0.05, 0.1) is 42.5 Å². The first-order valence-electron chi connectivity index (χ1n) is 21.7. The SMILES string of the molecule is CC[C@H]1OC(=O)C[C@@H](O)[C@H](C)[C@@H](O[C@@H]2O[C@H](C)[C@@H](O[C@H]3C[C@@](C)(O)[C@@H](O)[C@H](C)O3)[C@H](N(C)C)[C@H]2O)[C@@H](CCNCCc2ccccc2)C[C@@H](C)C(=O)/C=C/C(C)=C/[C@@H]1C. The molecule has 0 spiro atoms. The summed E-state index contributed by atoms with van der Waals surface area (Å²) in [5.74, 6) is -2.03. The van der Waals surface area contributed by atoms with Crippen LogP contribution in [-0.2, 0) is 39.7 Å². The molecule has 3 aliphatic heterocycles. The van der Waals surface area contributed by atoms with E-state index in [9.17, 15) is 30.0 Å². The molecule has 16 atom stereocenters. The van der Waals surface area contributed by atoms with Gasteiger partial charge in [-0.3, -0.25) is 9.59 Å². The van der Waals surface area contributed by atoms with Crippen molar-refractivity contribution in [2.45, 2.75) is 167 Å². The molecule has 2 saturated heterocycles. The van der Waals surface area contributed by atoms with Gasteiger partial charge in [-0.1, -0.05) is 75.8 Å². The number of ether oxygens (including phenoxy) is 5. The van der Waals surface area contributed by atoms with E-state index in [1.54, 1.807) is 19.9 Å². The van der Waals surface area contributed by atoms with E-state index in [-0.39, 0.29) is 30.5 Å². The third kappa shape index (κ3) is 13.7. The second kappa shape index (κ2) is 22.5. The molecule has 1 aromatic rings. The lowest BCUT2D eigenvalue weighted by Crippen LogP contribution is -2.65. The smallest absolute Gasteiger partial charge is 0.308 e. The van der Waals surface area contributed by atoms with Crippen LogP contribution in [0.1, 0.15) is 93.1 Å². The summed E-state index contributed by atoms with van der Waals surface area (Å²) in [6.45, 7) is 15.9. The molecule has 1 aromatic carbocycles. The Kier molecular flexibility index (Phi) is 18.7. The molecule has 5 N–H and O–H groups in total. The number of rotatable bonds is 12. The molecule has 0 bridgehead atoms. The minimum Gasteiger partial charge on any atom is -0.462 e. The quantitative estimate of drug-likeness (QED) is 0.149. The summed E-state index contributed by atoms with van der Waals surface area (Å²) < 4.78 is 31.6. The maximum Gasteiger partial charge on any atom is 0.308 e. The van der Waals surface area contributed by atoms with E-state index in [0.29, 0.717) is 25.8 Å². The topological polar surface area (TPSA) is 176 Å². The maximum atomic E-state index is 13.7. The van der Waals surface area contributed by atoms with Gasteiger partial charge < -0.3 is 54.3 Å². The molecule has 4 rings (SSSR count). The number of ketones is 1. The van der Waals surface area contributed by atoms with Crippen molar-refractivity contribution >= 4 is 11.8 Å². The van der Waals surface area contributed by atoms with Crippen LogP contribution in [0.15, 0.2) is 54.1 Å². The largest absolute Gasteiger partial charge is 0.462 e. The number of likely N-dealkylation sites (N-methyl/N-ethyl adjacent to an activating group) is 1. The number of nitrogens with zero attached hydrogens (tertiary/aromatic N) is 1. The van der Waals surface area contributed by atoms with Gasteiger partial charge in [0, 0.05) is 24.2 Å². The summed E-state index contributed by atoms with van der Waals surface area (Å²) in [5.41, 5.74) is 0.654. The molecule has 13 nitrogen and oxygen atoms in total. The molecular formula is C46H74N2O11. The Morgan fingerprint density at radius 1 is 0.932 bits per heavy atom. The Bertz CT molecular complexity index is 1520. The first-order chi connectivity index (χ1) is 27.8. The summed E-state index contributed by atoms with van der Waals surface area (Å²) in [6, 6.07) is 9.55. The molecule has 0 saturated carbocycles. The van der Waals surface area contributed by atoms with Gasteiger partial charge in [0.25, 0.3) is 0 Å². The van der Waals surface area contributed by atoms with Crippen molar-refractivity contribution in [2.75, 3.05) is 27.2 Å². The summed E-state index contributed by atoms with van der Waals surface area (Å²) in [7, 11) is 3.64. The molecule has 0 aliphatic carbocycles. The van der Waals surface area contributed by atoms with Crippen molar-refractivity contribution in [3.05, 3.63) is 59.7 Å². The van der Waals surface area contributed by atoms with Gasteiger partial charge in [0.2, 0.25) is 0 Å². The highest BCUT2D eigenvalue weighted by Crippen LogP contribution is 2.37. The van der Waals surface area contributed by atoms with Crippen molar-refractivity contribution in [3.63, 3.8) is 0 Å². The number of aliphatic hydroxyl groups excluding tert-OH is 3. The number of nitrogens with one attached hydrogen (secondary N) is 1. The Labute approximate surface area is 352 Å². The minimum absolute atomic E-state index is 0.0126. The van der Waals surface area contributed by atoms with Crippen LogP contribution < -0.4 is 5.32 Å². The number of benzene rings is 1. The lowest BCUT2D eigenvalue weighted by molar-refractivity contribution is -0.342. The zero-order chi connectivity index (χ0) is 43.6. The van der Waals surface area contributed by atoms with E-state index < -0.39 is 90.9 Å². The van der Waals surface area contributed by atoms with Gasteiger partial charge >= 0.3 is 5.97 Å². The normalized spacial score (nSPS) is 40.9. The molecule has 0 amide bonds. The fourth-order valence-corrected chi connectivity index (χ4v) is 8.89. The first kappa shape index (κ1) is 49.1. The third-order valence-corrected chi connectivity index (χ3v) is 12.5. The molecule has 0 unspecified atom stereocenters. The zero-order valence-corrected chi connectivity index (χ0v) is 37.0. The van der Waals surface area contributed by atoms with Crippen molar-refractivity contribution in [2.24, 2.45) is 23.7 Å². The standard InChI is InChI=1S/C46H74N2O11/c1-11-37-29(4)23-27(2)17-18-35(49)28(3)24-34(20-22-47-21-19-33-15-13-12-14-16-33)42(30(5)36(50)25-38(51)57-37)59-45-41(52)40(48(9)10)43(31(6)56-45)58-39-26-46(8,54)44(53)32(7)55-39/h12-18,23,28-32,34,36-37,39-45,47,50,52-54H,11,19-22,24-26H2,1-10H3/b18-17+,27-23+/t28-,29+,30+,31-,32+,34+,36-,37-,39+,40-,41-,42-,43-,44+,45+,46-/m1/s1. The van der Waals surface area contributed by atoms with E-state index in [4.69, 9.17) is 23.7 Å². The van der Waals surface area contributed by atoms with Crippen LogP contribution in [0.25, 0.3) is 0 Å². The molecule has 3 aliphatic rings. The van der Waals surface area contributed by atoms with Gasteiger partial charge in [0.15, 0.2) is 18.4 Å². The Balaban J connectivity index is 1.65. The number of carbonyl (C=O) groups excluding carboxylic acids is 2. The van der Waals surface area contributed by atoms with Crippen LogP contribution in [0.5, 0.6) is 0 Å². The summed E-state index contributed by atoms with van der Waals surface area (Å²) in [4.78, 5) is 28.9. The summed E-state index contributed by atoms with van der Waals surface area (Å²) in [6.07, 6.45) is -1.24. The van der Waals surface area contributed by atoms with Crippen LogP contribution >= 0.6 is 0 Å². The number of carbonyl (C=O) groups is 2. The second-order valence-electron chi connectivity index (χ2n) is 17.9. The van der Waals surface area contributed by atoms with E-state index in [1.165, 1.54) is 5.56 Å². The van der Waals surface area contributed by atoms with E-state index in [2.05, 4.69) is 17.4 Å². The molecule has 59 heavy (non-hydrogen) atoms. The fourth-order valence-electron chi connectivity index (χ4n) is 8.89. The van der Waals surface area contributed by atoms with Crippen LogP contribution in [0, 0.1) is 23.7 Å². The second-order valence-corrected chi connectivity index (χ2v) is 17.9. The van der Waals surface area contributed by atoms with Crippen LogP contribution in [0.2, 0.25) is 0 Å². The predicted octanol–water partition coefficient (Wildman–Crippen LogP) is 4.33. The van der Waals surface area contributed by atoms with Crippen LogP contribution in [0.4, 0.5) is 0 Å². The molecule has 0 radical (unpaired) electrons. The number of hydrogen-bond acceptors (Lipinski definition) is 13. The molecule has 13 heteroatoms. The average molecular weight is 831 g/mol. The van der Waals surface area contributed by atoms with Gasteiger partial charge in [-0.2, -0.15) is 0 Å². The zero-order valence-electron chi connectivity index (χ0n) is 37.0. The highest BCUT2D eigenvalue weighted by molar-refractivity contribution is 5.91. The molecule has 3 heterocycles. The Hall–Kier alpha value is -2.56. The number of allylic oxidation sites excluding steroid dienone is 3. The van der Waals surface area contributed by atoms with Crippen molar-refractivity contribution < 1.29 is 53.7 Å². The molecule has 334 valence electrons. The lowest BCUT2D eigenvalue weighted by Gasteiger charge is -2.50. The predicted molar refractivity (Wildman–Crippen MR) is 225 cm³/mol. The van der Waals surface area contributed by atoms with Gasteiger partial charge in [-0.15, -0.1) is 0 Å². The highest BCUT2D eigenvalue weighted by atomic mass is 16.7. The Morgan fingerprint density at radius 2 is 1.63 bits per heavy atom. The van der Waals surface area contributed by atoms with E-state index in [1.807, 2.05) is 90.9 Å². The van der Waals surface area contributed by atoms with E-state index in [0.717, 1.165) is 18.5 Å². The highest BCUT2D eigenvalue weighted by Gasteiger charge is 2.51. The first-order valence-corrected chi connectivity index (χ1v) is 21.7. The average Bonchev–Trinajstić information content (AvgIpc) is 3.17. The van der Waals surface area contributed by atoms with Crippen molar-refractivity contribution in [3.8, 4) is 0 Å². The number of aliphatic hydroxyl groups is 4. The number of esters is 1. The van der Waals surface area contributed by atoms with Crippen LogP contribution in [-0.4, -0.2) is 137 Å². The maximum absolute atomic E-state index is 13.7. The van der Waals surface area contributed by atoms with Gasteiger partial charge in [-0.25, -0.2) is 0 Å². The van der Waals surface area contributed by atoms with E-state index >= 15 is 0 Å². The monoisotopic (exact) mass is 831 g/mol. The van der Waals surface area contributed by atoms with Crippen LogP contribution in [0.3, 0.4) is 0 Å². The summed E-state index contributed by atoms with van der Waals surface area (Å²) >= 11 is 0.